The zero-order chi connectivity index (χ0) is 10.8. The van der Waals surface area contributed by atoms with E-state index in [1.54, 1.807) is 0 Å². The van der Waals surface area contributed by atoms with Crippen molar-refractivity contribution < 1.29 is 2.85 Å². The Labute approximate surface area is 95.8 Å². The first kappa shape index (κ1) is 10.7. The third kappa shape index (κ3) is 1.96. The quantitative estimate of drug-likeness (QED) is 0.759. The molecule has 0 aromatic carbocycles. The summed E-state index contributed by atoms with van der Waals surface area (Å²) in [5, 5.41) is 0. The summed E-state index contributed by atoms with van der Waals surface area (Å²) in [4.78, 5) is 2.62. The van der Waals surface area contributed by atoms with E-state index in [4.69, 9.17) is 5.73 Å². The van der Waals surface area contributed by atoms with Crippen molar-refractivity contribution in [2.24, 2.45) is 11.7 Å². The number of piperidine rings is 1. The molecule has 1 unspecified atom stereocenters. The Morgan fingerprint density at radius 2 is 2.40 bits per heavy atom. The zero-order valence-electron chi connectivity index (χ0n) is 9.71. The number of hydrogen-bond acceptors (Lipinski definition) is 2. The van der Waals surface area contributed by atoms with Crippen molar-refractivity contribution >= 4 is 0 Å². The normalized spacial score (nSPS) is 32.6. The van der Waals surface area contributed by atoms with Crippen molar-refractivity contribution in [2.75, 3.05) is 13.1 Å². The molecule has 1 fully saturated rings. The maximum Gasteiger partial charge on any atom is 0.0168 e. The van der Waals surface area contributed by atoms with Gasteiger partial charge < -0.3 is 10.6 Å². The fourth-order valence-corrected chi connectivity index (χ4v) is 3.12. The van der Waals surface area contributed by atoms with Gasteiger partial charge in [0.2, 0.25) is 0 Å². The number of nitrogens with two attached hydrogens (primary N) is 1. The van der Waals surface area contributed by atoms with Crippen LogP contribution in [0.4, 0.5) is 0 Å². The Hall–Kier alpha value is -0.760. The molecule has 0 aromatic heterocycles. The molecule has 2 rings (SSSR count). The Balaban J connectivity index is 0.00000128. The molecule has 2 nitrogen and oxygen atoms in total. The van der Waals surface area contributed by atoms with Gasteiger partial charge in [-0.25, -0.2) is 0 Å². The van der Waals surface area contributed by atoms with Crippen LogP contribution in [0.2, 0.25) is 0 Å². The lowest BCUT2D eigenvalue weighted by atomic mass is 9.77. The predicted octanol–water partition coefficient (Wildman–Crippen LogP) is 2.77. The van der Waals surface area contributed by atoms with Gasteiger partial charge in [-0.3, -0.25) is 0 Å². The average molecular weight is 210 g/mol. The van der Waals surface area contributed by atoms with Crippen LogP contribution in [0.1, 0.15) is 35.5 Å². The van der Waals surface area contributed by atoms with Gasteiger partial charge in [0.15, 0.2) is 0 Å². The first-order valence-electron chi connectivity index (χ1n) is 6.10. The van der Waals surface area contributed by atoms with Crippen LogP contribution in [0.5, 0.6) is 0 Å². The van der Waals surface area contributed by atoms with E-state index in [9.17, 15) is 0 Å². The van der Waals surface area contributed by atoms with Gasteiger partial charge in [-0.05, 0) is 50.3 Å². The van der Waals surface area contributed by atoms with E-state index < -0.39 is 0 Å². The molecule has 2 atom stereocenters. The topological polar surface area (TPSA) is 29.3 Å². The SMILES string of the molecule is C=CC1=C(N)C[C@H]2CCCN(CC)C2C1.[HH].[HH]. The van der Waals surface area contributed by atoms with Crippen LogP contribution >= 0.6 is 0 Å². The van der Waals surface area contributed by atoms with Gasteiger partial charge in [-0.2, -0.15) is 0 Å². The molecule has 0 bridgehead atoms. The smallest absolute Gasteiger partial charge is 0.0168 e. The fourth-order valence-electron chi connectivity index (χ4n) is 3.12. The molecule has 0 radical (unpaired) electrons. The standard InChI is InChI=1S/C13H22N2.2H2/c1-3-10-9-13-11(8-12(10)14)6-5-7-15(13)4-2;;/h3,11,13H,1,4-9,14H2,2H3;2*1H/t11-,13?;;/m1../s1. The van der Waals surface area contributed by atoms with Crippen molar-refractivity contribution in [3.05, 3.63) is 23.9 Å². The second-order valence-corrected chi connectivity index (χ2v) is 4.76. The first-order chi connectivity index (χ1) is 7.26. The minimum absolute atomic E-state index is 0. The third-order valence-corrected chi connectivity index (χ3v) is 4.01. The van der Waals surface area contributed by atoms with Crippen LogP contribution in [0.25, 0.3) is 0 Å². The molecular weight excluding hydrogens is 184 g/mol. The zero-order valence-corrected chi connectivity index (χ0v) is 9.71. The Kier molecular flexibility index (Phi) is 3.15. The summed E-state index contributed by atoms with van der Waals surface area (Å²) in [6, 6.07) is 0.726. The highest BCUT2D eigenvalue weighted by atomic mass is 15.2. The number of likely N-dealkylation sites (tertiary alicyclic amines) is 1. The molecule has 0 aromatic rings. The molecular formula is C13H26N2. The van der Waals surface area contributed by atoms with Crippen LogP contribution in [-0.4, -0.2) is 24.0 Å². The van der Waals surface area contributed by atoms with Gasteiger partial charge >= 0.3 is 0 Å². The molecule has 1 aliphatic heterocycles. The molecule has 0 spiro atoms. The van der Waals surface area contributed by atoms with E-state index in [1.165, 1.54) is 31.5 Å². The molecule has 2 aliphatic rings. The molecule has 0 saturated carbocycles. The highest BCUT2D eigenvalue weighted by molar-refractivity contribution is 5.27. The van der Waals surface area contributed by atoms with E-state index in [0.29, 0.717) is 0 Å². The number of allylic oxidation sites excluding steroid dienone is 2. The largest absolute Gasteiger partial charge is 0.402 e. The lowest BCUT2D eigenvalue weighted by Crippen LogP contribution is -2.47. The van der Waals surface area contributed by atoms with Crippen LogP contribution in [0, 0.1) is 5.92 Å². The molecule has 15 heavy (non-hydrogen) atoms. The molecule has 1 aliphatic carbocycles. The summed E-state index contributed by atoms with van der Waals surface area (Å²) in [6.07, 6.45) is 6.85. The lowest BCUT2D eigenvalue weighted by molar-refractivity contribution is 0.0916. The summed E-state index contributed by atoms with van der Waals surface area (Å²) >= 11 is 0. The molecule has 1 saturated heterocycles. The summed E-state index contributed by atoms with van der Waals surface area (Å²) < 4.78 is 0. The van der Waals surface area contributed by atoms with Crippen LogP contribution in [0.3, 0.4) is 0 Å². The molecule has 0 amide bonds. The van der Waals surface area contributed by atoms with Gasteiger partial charge in [0, 0.05) is 14.6 Å². The van der Waals surface area contributed by atoms with Crippen molar-refractivity contribution in [3.63, 3.8) is 0 Å². The molecule has 88 valence electrons. The van der Waals surface area contributed by atoms with Crippen molar-refractivity contribution in [2.45, 2.75) is 38.6 Å². The Bertz CT molecular complexity index is 289. The number of hydrogen-bond donors (Lipinski definition) is 1. The Morgan fingerprint density at radius 3 is 3.07 bits per heavy atom. The summed E-state index contributed by atoms with van der Waals surface area (Å²) in [5.74, 6) is 0.794. The summed E-state index contributed by atoms with van der Waals surface area (Å²) in [7, 11) is 0. The number of fused-ring (bicyclic) bond motifs is 1. The van der Waals surface area contributed by atoms with Crippen molar-refractivity contribution in [3.8, 4) is 0 Å². The van der Waals surface area contributed by atoms with Gasteiger partial charge in [0.05, 0.1) is 0 Å². The monoisotopic (exact) mass is 210 g/mol. The predicted molar refractivity (Wildman–Crippen MR) is 68.6 cm³/mol. The van der Waals surface area contributed by atoms with E-state index in [1.807, 2.05) is 6.08 Å². The average Bonchev–Trinajstić information content (AvgIpc) is 2.27. The van der Waals surface area contributed by atoms with E-state index in [-0.39, 0.29) is 2.85 Å². The molecule has 1 heterocycles. The summed E-state index contributed by atoms with van der Waals surface area (Å²) in [5.41, 5.74) is 8.45. The van der Waals surface area contributed by atoms with Crippen LogP contribution < -0.4 is 5.73 Å². The minimum Gasteiger partial charge on any atom is -0.402 e. The maximum absolute atomic E-state index is 6.07. The van der Waals surface area contributed by atoms with Gasteiger partial charge in [0.1, 0.15) is 0 Å². The fraction of sp³-hybridized carbons (Fsp3) is 0.692. The van der Waals surface area contributed by atoms with E-state index in [0.717, 1.165) is 30.5 Å². The lowest BCUT2D eigenvalue weighted by Gasteiger charge is -2.44. The maximum atomic E-state index is 6.07. The van der Waals surface area contributed by atoms with Gasteiger partial charge in [-0.1, -0.05) is 19.6 Å². The van der Waals surface area contributed by atoms with Crippen LogP contribution in [0.15, 0.2) is 23.9 Å². The van der Waals surface area contributed by atoms with Crippen molar-refractivity contribution in [1.29, 1.82) is 0 Å². The van der Waals surface area contributed by atoms with E-state index >= 15 is 0 Å². The van der Waals surface area contributed by atoms with Gasteiger partial charge in [-0.15, -0.1) is 0 Å². The van der Waals surface area contributed by atoms with E-state index in [2.05, 4.69) is 18.4 Å². The third-order valence-electron chi connectivity index (χ3n) is 4.01. The highest BCUT2D eigenvalue weighted by Crippen LogP contribution is 2.36. The Morgan fingerprint density at radius 1 is 1.60 bits per heavy atom. The number of nitrogens with zero attached hydrogens (tertiary/aromatic N) is 1. The van der Waals surface area contributed by atoms with Gasteiger partial charge in [0.25, 0.3) is 0 Å². The summed E-state index contributed by atoms with van der Waals surface area (Å²) in [6.45, 7) is 8.57. The van der Waals surface area contributed by atoms with Crippen molar-refractivity contribution in [1.82, 2.24) is 4.90 Å². The molecule has 2 N–H and O–H groups in total. The number of rotatable bonds is 2. The first-order valence-corrected chi connectivity index (χ1v) is 6.10. The minimum atomic E-state index is 0. The molecule has 2 heteroatoms. The second kappa shape index (κ2) is 4.40. The second-order valence-electron chi connectivity index (χ2n) is 4.76. The highest BCUT2D eigenvalue weighted by Gasteiger charge is 2.34. The van der Waals surface area contributed by atoms with Crippen LogP contribution in [-0.2, 0) is 0 Å².